The molecule has 1 aromatic heterocycles. The Morgan fingerprint density at radius 3 is 3.06 bits per heavy atom. The highest BCUT2D eigenvalue weighted by Crippen LogP contribution is 2.08. The van der Waals surface area contributed by atoms with Crippen molar-refractivity contribution in [2.24, 2.45) is 0 Å². The van der Waals surface area contributed by atoms with Gasteiger partial charge in [0.15, 0.2) is 0 Å². The zero-order chi connectivity index (χ0) is 12.8. The summed E-state index contributed by atoms with van der Waals surface area (Å²) in [5.74, 6) is -0.410. The van der Waals surface area contributed by atoms with Crippen LogP contribution in [0.15, 0.2) is 24.4 Å². The van der Waals surface area contributed by atoms with Crippen LogP contribution in [0.4, 0.5) is 0 Å². The summed E-state index contributed by atoms with van der Waals surface area (Å²) in [5.41, 5.74) is 0.989. The van der Waals surface area contributed by atoms with E-state index in [0.717, 1.165) is 18.5 Å². The highest BCUT2D eigenvalue weighted by atomic mass is 16.5. The molecule has 1 saturated heterocycles. The Kier molecular flexibility index (Phi) is 4.28. The summed E-state index contributed by atoms with van der Waals surface area (Å²) in [4.78, 5) is 26.7. The molecule has 1 aliphatic rings. The van der Waals surface area contributed by atoms with Crippen LogP contribution in [0.2, 0.25) is 0 Å². The SMILES string of the molecule is O=C1CCC(C(=O)OCCCc2ccccn2)N1. The Balaban J connectivity index is 1.63. The Bertz CT molecular complexity index is 420. The predicted octanol–water partition coefficient (Wildman–Crippen LogP) is 0.836. The van der Waals surface area contributed by atoms with Gasteiger partial charge in [0.25, 0.3) is 0 Å². The summed E-state index contributed by atoms with van der Waals surface area (Å²) < 4.78 is 5.11. The van der Waals surface area contributed by atoms with E-state index in [1.807, 2.05) is 18.2 Å². The van der Waals surface area contributed by atoms with E-state index in [4.69, 9.17) is 4.74 Å². The second-order valence-corrected chi connectivity index (χ2v) is 4.25. The number of carbonyl (C=O) groups excluding carboxylic acids is 2. The number of hydrogen-bond donors (Lipinski definition) is 1. The predicted molar refractivity (Wildman–Crippen MR) is 64.7 cm³/mol. The maximum Gasteiger partial charge on any atom is 0.328 e. The summed E-state index contributed by atoms with van der Waals surface area (Å²) >= 11 is 0. The molecule has 1 amide bonds. The lowest BCUT2D eigenvalue weighted by atomic mass is 10.2. The van der Waals surface area contributed by atoms with Crippen LogP contribution in [0.3, 0.4) is 0 Å². The molecule has 0 aliphatic carbocycles. The highest BCUT2D eigenvalue weighted by Gasteiger charge is 2.28. The molecule has 0 spiro atoms. The van der Waals surface area contributed by atoms with Gasteiger partial charge < -0.3 is 10.1 Å². The lowest BCUT2D eigenvalue weighted by molar-refractivity contribution is -0.146. The van der Waals surface area contributed by atoms with Crippen LogP contribution in [-0.4, -0.2) is 29.5 Å². The fourth-order valence-corrected chi connectivity index (χ4v) is 1.86. The smallest absolute Gasteiger partial charge is 0.328 e. The number of nitrogens with zero attached hydrogens (tertiary/aromatic N) is 1. The van der Waals surface area contributed by atoms with Crippen LogP contribution in [-0.2, 0) is 20.7 Å². The molecule has 1 unspecified atom stereocenters. The number of pyridine rings is 1. The molecule has 96 valence electrons. The van der Waals surface area contributed by atoms with Crippen molar-refractivity contribution in [2.45, 2.75) is 31.7 Å². The second kappa shape index (κ2) is 6.14. The molecular weight excluding hydrogens is 232 g/mol. The molecular formula is C13H16N2O3. The van der Waals surface area contributed by atoms with E-state index in [1.54, 1.807) is 6.20 Å². The van der Waals surface area contributed by atoms with E-state index in [9.17, 15) is 9.59 Å². The van der Waals surface area contributed by atoms with Gasteiger partial charge in [0.2, 0.25) is 5.91 Å². The number of aryl methyl sites for hydroxylation is 1. The fraction of sp³-hybridized carbons (Fsp3) is 0.462. The Hall–Kier alpha value is -1.91. The molecule has 2 heterocycles. The third-order valence-corrected chi connectivity index (χ3v) is 2.83. The first-order chi connectivity index (χ1) is 8.75. The van der Waals surface area contributed by atoms with Gasteiger partial charge in [-0.1, -0.05) is 6.07 Å². The quantitative estimate of drug-likeness (QED) is 0.619. The Morgan fingerprint density at radius 2 is 2.39 bits per heavy atom. The molecule has 1 fully saturated rings. The first-order valence-electron chi connectivity index (χ1n) is 6.11. The van der Waals surface area contributed by atoms with Crippen LogP contribution in [0.25, 0.3) is 0 Å². The van der Waals surface area contributed by atoms with Gasteiger partial charge >= 0.3 is 5.97 Å². The van der Waals surface area contributed by atoms with Crippen LogP contribution < -0.4 is 5.32 Å². The molecule has 2 rings (SSSR count). The summed E-state index contributed by atoms with van der Waals surface area (Å²) in [7, 11) is 0. The molecule has 18 heavy (non-hydrogen) atoms. The zero-order valence-electron chi connectivity index (χ0n) is 10.1. The van der Waals surface area contributed by atoms with E-state index < -0.39 is 6.04 Å². The molecule has 5 heteroatoms. The average Bonchev–Trinajstić information content (AvgIpc) is 2.82. The maximum atomic E-state index is 11.5. The van der Waals surface area contributed by atoms with E-state index in [1.165, 1.54) is 0 Å². The lowest BCUT2D eigenvalue weighted by Gasteiger charge is -2.09. The molecule has 0 saturated carbocycles. The molecule has 1 atom stereocenters. The molecule has 0 bridgehead atoms. The molecule has 0 radical (unpaired) electrons. The summed E-state index contributed by atoms with van der Waals surface area (Å²) in [6.45, 7) is 0.363. The van der Waals surface area contributed by atoms with Crippen molar-refractivity contribution in [3.63, 3.8) is 0 Å². The van der Waals surface area contributed by atoms with Gasteiger partial charge in [-0.15, -0.1) is 0 Å². The second-order valence-electron chi connectivity index (χ2n) is 4.25. The molecule has 5 nitrogen and oxygen atoms in total. The number of rotatable bonds is 5. The Morgan fingerprint density at radius 1 is 1.50 bits per heavy atom. The topological polar surface area (TPSA) is 68.3 Å². The van der Waals surface area contributed by atoms with Crippen molar-refractivity contribution >= 4 is 11.9 Å². The normalized spacial score (nSPS) is 18.4. The number of esters is 1. The van der Waals surface area contributed by atoms with Crippen molar-refractivity contribution < 1.29 is 14.3 Å². The van der Waals surface area contributed by atoms with E-state index in [2.05, 4.69) is 10.3 Å². The third kappa shape index (κ3) is 3.55. The number of ether oxygens (including phenoxy) is 1. The molecule has 1 N–H and O–H groups in total. The zero-order valence-corrected chi connectivity index (χ0v) is 10.1. The number of hydrogen-bond acceptors (Lipinski definition) is 4. The van der Waals surface area contributed by atoms with Gasteiger partial charge in [0.05, 0.1) is 6.61 Å². The van der Waals surface area contributed by atoms with Crippen LogP contribution in [0, 0.1) is 0 Å². The van der Waals surface area contributed by atoms with E-state index in [-0.39, 0.29) is 11.9 Å². The van der Waals surface area contributed by atoms with E-state index in [0.29, 0.717) is 19.4 Å². The van der Waals surface area contributed by atoms with Gasteiger partial charge in [-0.25, -0.2) is 4.79 Å². The Labute approximate surface area is 106 Å². The molecule has 0 aromatic carbocycles. The van der Waals surface area contributed by atoms with Gasteiger partial charge in [-0.3, -0.25) is 9.78 Å². The van der Waals surface area contributed by atoms with Crippen molar-refractivity contribution in [1.82, 2.24) is 10.3 Å². The number of amides is 1. The number of aromatic nitrogens is 1. The van der Waals surface area contributed by atoms with Crippen molar-refractivity contribution in [3.8, 4) is 0 Å². The van der Waals surface area contributed by atoms with Crippen LogP contribution in [0.1, 0.15) is 25.0 Å². The fourth-order valence-electron chi connectivity index (χ4n) is 1.86. The van der Waals surface area contributed by atoms with Crippen molar-refractivity contribution in [3.05, 3.63) is 30.1 Å². The van der Waals surface area contributed by atoms with Crippen molar-refractivity contribution in [2.75, 3.05) is 6.61 Å². The van der Waals surface area contributed by atoms with Crippen LogP contribution in [0.5, 0.6) is 0 Å². The first-order valence-corrected chi connectivity index (χ1v) is 6.11. The minimum atomic E-state index is -0.452. The maximum absolute atomic E-state index is 11.5. The summed E-state index contributed by atoms with van der Waals surface area (Å²) in [5, 5.41) is 2.59. The standard InChI is InChI=1S/C13H16N2O3/c16-12-7-6-11(15-12)13(17)18-9-3-5-10-4-1-2-8-14-10/h1-2,4,8,11H,3,5-7,9H2,(H,15,16). The minimum absolute atomic E-state index is 0.0783. The third-order valence-electron chi connectivity index (χ3n) is 2.83. The van der Waals surface area contributed by atoms with Gasteiger partial charge in [0.1, 0.15) is 6.04 Å². The van der Waals surface area contributed by atoms with E-state index >= 15 is 0 Å². The molecule has 1 aliphatic heterocycles. The van der Waals surface area contributed by atoms with Gasteiger partial charge in [0, 0.05) is 18.3 Å². The van der Waals surface area contributed by atoms with Crippen LogP contribution >= 0.6 is 0 Å². The molecule has 1 aromatic rings. The first kappa shape index (κ1) is 12.5. The number of nitrogens with one attached hydrogen (secondary N) is 1. The monoisotopic (exact) mass is 248 g/mol. The highest BCUT2D eigenvalue weighted by molar-refractivity contribution is 5.87. The lowest BCUT2D eigenvalue weighted by Crippen LogP contribution is -2.34. The van der Waals surface area contributed by atoms with Crippen molar-refractivity contribution in [1.29, 1.82) is 0 Å². The largest absolute Gasteiger partial charge is 0.464 e. The minimum Gasteiger partial charge on any atom is -0.464 e. The van der Waals surface area contributed by atoms with Gasteiger partial charge in [-0.2, -0.15) is 0 Å². The summed E-state index contributed by atoms with van der Waals surface area (Å²) in [6.07, 6.45) is 4.22. The average molecular weight is 248 g/mol. The number of carbonyl (C=O) groups is 2. The van der Waals surface area contributed by atoms with Gasteiger partial charge in [-0.05, 0) is 31.4 Å². The summed E-state index contributed by atoms with van der Waals surface area (Å²) in [6, 6.07) is 5.29.